The summed E-state index contributed by atoms with van der Waals surface area (Å²) in [5, 5.41) is 3.92. The zero-order chi connectivity index (χ0) is 13.0. The van der Waals surface area contributed by atoms with Gasteiger partial charge in [-0.2, -0.15) is 0 Å². The Labute approximate surface area is 113 Å². The van der Waals surface area contributed by atoms with Crippen LogP contribution in [0.2, 0.25) is 5.02 Å². The molecule has 1 aliphatic rings. The third-order valence-corrected chi connectivity index (χ3v) is 3.38. The molecule has 18 heavy (non-hydrogen) atoms. The summed E-state index contributed by atoms with van der Waals surface area (Å²) in [5.74, 6) is 0.923. The molecular weight excluding hydrogens is 248 g/mol. The molecular formula is C14H19ClN2O. The maximum absolute atomic E-state index is 11.9. The topological polar surface area (TPSA) is 32.3 Å². The quantitative estimate of drug-likeness (QED) is 0.857. The van der Waals surface area contributed by atoms with E-state index in [-0.39, 0.29) is 5.91 Å². The molecule has 98 valence electrons. The Kier molecular flexibility index (Phi) is 4.61. The van der Waals surface area contributed by atoms with E-state index in [1.165, 1.54) is 12.8 Å². The van der Waals surface area contributed by atoms with Crippen LogP contribution >= 0.6 is 11.6 Å². The van der Waals surface area contributed by atoms with Gasteiger partial charge in [0.15, 0.2) is 0 Å². The van der Waals surface area contributed by atoms with E-state index in [0.717, 1.165) is 18.0 Å². The number of carbonyl (C=O) groups excluding carboxylic acids is 1. The Morgan fingerprint density at radius 2 is 2.28 bits per heavy atom. The maximum atomic E-state index is 11.9. The monoisotopic (exact) mass is 266 g/mol. The van der Waals surface area contributed by atoms with Crippen molar-refractivity contribution in [1.29, 1.82) is 0 Å². The van der Waals surface area contributed by atoms with Crippen LogP contribution in [0.4, 0.5) is 0 Å². The Morgan fingerprint density at radius 3 is 2.94 bits per heavy atom. The Balaban J connectivity index is 1.75. The van der Waals surface area contributed by atoms with Crippen molar-refractivity contribution in [2.75, 3.05) is 20.1 Å². The predicted molar refractivity (Wildman–Crippen MR) is 73.5 cm³/mol. The summed E-state index contributed by atoms with van der Waals surface area (Å²) in [6.07, 6.45) is 2.61. The number of hydrogen-bond acceptors (Lipinski definition) is 2. The lowest BCUT2D eigenvalue weighted by Crippen LogP contribution is -2.35. The molecule has 0 bridgehead atoms. The minimum atomic E-state index is 0.121. The van der Waals surface area contributed by atoms with Crippen LogP contribution in [0.15, 0.2) is 24.3 Å². The second-order valence-corrected chi connectivity index (χ2v) is 5.39. The second-order valence-electron chi connectivity index (χ2n) is 4.95. The molecule has 0 aliphatic heterocycles. The van der Waals surface area contributed by atoms with E-state index in [1.807, 2.05) is 31.3 Å². The molecule has 1 fully saturated rings. The average Bonchev–Trinajstić information content (AvgIpc) is 3.13. The standard InChI is InChI=1S/C14H19ClN2O/c1-17(10-12-3-2-4-13(15)7-12)14(18)9-16-8-11-5-6-11/h2-4,7,11,16H,5-6,8-10H2,1H3. The molecule has 1 aromatic rings. The van der Waals surface area contributed by atoms with Crippen molar-refractivity contribution in [2.24, 2.45) is 5.92 Å². The van der Waals surface area contributed by atoms with Crippen LogP contribution in [0.5, 0.6) is 0 Å². The first-order chi connectivity index (χ1) is 8.65. The summed E-state index contributed by atoms with van der Waals surface area (Å²) < 4.78 is 0. The average molecular weight is 267 g/mol. The van der Waals surface area contributed by atoms with Gasteiger partial charge >= 0.3 is 0 Å². The molecule has 4 heteroatoms. The summed E-state index contributed by atoms with van der Waals surface area (Å²) in [6.45, 7) is 1.99. The Morgan fingerprint density at radius 1 is 1.50 bits per heavy atom. The first-order valence-corrected chi connectivity index (χ1v) is 6.72. The van der Waals surface area contributed by atoms with Crippen molar-refractivity contribution in [1.82, 2.24) is 10.2 Å². The summed E-state index contributed by atoms with van der Waals surface area (Å²) in [6, 6.07) is 7.61. The molecule has 1 N–H and O–H groups in total. The number of carbonyl (C=O) groups is 1. The number of nitrogens with zero attached hydrogens (tertiary/aromatic N) is 1. The van der Waals surface area contributed by atoms with Crippen molar-refractivity contribution >= 4 is 17.5 Å². The molecule has 0 saturated heterocycles. The van der Waals surface area contributed by atoms with Gasteiger partial charge in [0.05, 0.1) is 6.54 Å². The van der Waals surface area contributed by atoms with E-state index in [0.29, 0.717) is 18.1 Å². The highest BCUT2D eigenvalue weighted by Gasteiger charge is 2.20. The molecule has 1 aromatic carbocycles. The number of nitrogens with one attached hydrogen (secondary N) is 1. The van der Waals surface area contributed by atoms with Gasteiger partial charge in [0.25, 0.3) is 0 Å². The minimum Gasteiger partial charge on any atom is -0.340 e. The van der Waals surface area contributed by atoms with Gasteiger partial charge in [-0.3, -0.25) is 4.79 Å². The molecule has 0 heterocycles. The van der Waals surface area contributed by atoms with Crippen molar-refractivity contribution in [3.63, 3.8) is 0 Å². The zero-order valence-corrected chi connectivity index (χ0v) is 11.4. The smallest absolute Gasteiger partial charge is 0.236 e. The van der Waals surface area contributed by atoms with Crippen LogP contribution in [0, 0.1) is 5.92 Å². The van der Waals surface area contributed by atoms with Crippen molar-refractivity contribution in [3.8, 4) is 0 Å². The van der Waals surface area contributed by atoms with Gasteiger partial charge in [0, 0.05) is 18.6 Å². The van der Waals surface area contributed by atoms with Gasteiger partial charge < -0.3 is 10.2 Å². The predicted octanol–water partition coefficient (Wildman–Crippen LogP) is 2.30. The third kappa shape index (κ3) is 4.31. The van der Waals surface area contributed by atoms with Crippen LogP contribution < -0.4 is 5.32 Å². The van der Waals surface area contributed by atoms with Crippen LogP contribution in [-0.2, 0) is 11.3 Å². The minimum absolute atomic E-state index is 0.121. The molecule has 1 aliphatic carbocycles. The van der Waals surface area contributed by atoms with Gasteiger partial charge in [-0.25, -0.2) is 0 Å². The fourth-order valence-electron chi connectivity index (χ4n) is 1.84. The van der Waals surface area contributed by atoms with Crippen LogP contribution in [-0.4, -0.2) is 30.9 Å². The lowest BCUT2D eigenvalue weighted by Gasteiger charge is -2.17. The summed E-state index contributed by atoms with van der Waals surface area (Å²) in [5.41, 5.74) is 1.06. The molecule has 3 nitrogen and oxygen atoms in total. The van der Waals surface area contributed by atoms with Crippen molar-refractivity contribution in [3.05, 3.63) is 34.9 Å². The van der Waals surface area contributed by atoms with Crippen molar-refractivity contribution < 1.29 is 4.79 Å². The lowest BCUT2D eigenvalue weighted by atomic mass is 10.2. The number of rotatable bonds is 6. The molecule has 1 saturated carbocycles. The van der Waals surface area contributed by atoms with Gasteiger partial charge in [0.1, 0.15) is 0 Å². The molecule has 0 spiro atoms. The van der Waals surface area contributed by atoms with E-state index >= 15 is 0 Å². The zero-order valence-electron chi connectivity index (χ0n) is 10.7. The fraction of sp³-hybridized carbons (Fsp3) is 0.500. The largest absolute Gasteiger partial charge is 0.340 e. The van der Waals surface area contributed by atoms with Crippen molar-refractivity contribution in [2.45, 2.75) is 19.4 Å². The van der Waals surface area contributed by atoms with E-state index < -0.39 is 0 Å². The Hall–Kier alpha value is -1.06. The third-order valence-electron chi connectivity index (χ3n) is 3.14. The molecule has 1 amide bonds. The highest BCUT2D eigenvalue weighted by molar-refractivity contribution is 6.30. The maximum Gasteiger partial charge on any atom is 0.236 e. The molecule has 2 rings (SSSR count). The first-order valence-electron chi connectivity index (χ1n) is 6.34. The summed E-state index contributed by atoms with van der Waals surface area (Å²) >= 11 is 5.92. The highest BCUT2D eigenvalue weighted by Crippen LogP contribution is 2.27. The molecule has 0 unspecified atom stereocenters. The number of halogens is 1. The number of benzene rings is 1. The van der Waals surface area contributed by atoms with E-state index in [2.05, 4.69) is 5.32 Å². The normalized spacial score (nSPS) is 14.6. The highest BCUT2D eigenvalue weighted by atomic mass is 35.5. The lowest BCUT2D eigenvalue weighted by molar-refractivity contribution is -0.129. The number of amides is 1. The van der Waals surface area contributed by atoms with Gasteiger partial charge in [-0.05, 0) is 43.0 Å². The van der Waals surface area contributed by atoms with Crippen LogP contribution in [0.25, 0.3) is 0 Å². The van der Waals surface area contributed by atoms with Gasteiger partial charge in [-0.1, -0.05) is 23.7 Å². The second kappa shape index (κ2) is 6.21. The summed E-state index contributed by atoms with van der Waals surface area (Å²) in [4.78, 5) is 13.6. The number of hydrogen-bond donors (Lipinski definition) is 1. The molecule has 0 radical (unpaired) electrons. The SMILES string of the molecule is CN(Cc1cccc(Cl)c1)C(=O)CNCC1CC1. The Bertz CT molecular complexity index is 418. The molecule has 0 atom stereocenters. The van der Waals surface area contributed by atoms with Gasteiger partial charge in [0.2, 0.25) is 5.91 Å². The summed E-state index contributed by atoms with van der Waals surface area (Å²) in [7, 11) is 1.82. The van der Waals surface area contributed by atoms with Crippen LogP contribution in [0.3, 0.4) is 0 Å². The molecule has 0 aromatic heterocycles. The number of likely N-dealkylation sites (N-methyl/N-ethyl adjacent to an activating group) is 1. The van der Waals surface area contributed by atoms with E-state index in [4.69, 9.17) is 11.6 Å². The fourth-order valence-corrected chi connectivity index (χ4v) is 2.05. The van der Waals surface area contributed by atoms with Gasteiger partial charge in [-0.15, -0.1) is 0 Å². The first kappa shape index (κ1) is 13.4. The van der Waals surface area contributed by atoms with Crippen LogP contribution in [0.1, 0.15) is 18.4 Å². The van der Waals surface area contributed by atoms with E-state index in [1.54, 1.807) is 4.90 Å². The van der Waals surface area contributed by atoms with E-state index in [9.17, 15) is 4.79 Å².